The van der Waals surface area contributed by atoms with Crippen molar-refractivity contribution in [2.75, 3.05) is 0 Å². The number of hydrogen-bond acceptors (Lipinski definition) is 3. The Bertz CT molecular complexity index is 507. The van der Waals surface area contributed by atoms with Gasteiger partial charge in [0.25, 0.3) is 0 Å². The first kappa shape index (κ1) is 14.7. The molecule has 0 heterocycles. The normalized spacial score (nSPS) is 15.9. The van der Waals surface area contributed by atoms with Crippen molar-refractivity contribution in [1.29, 1.82) is 0 Å². The van der Waals surface area contributed by atoms with Crippen LogP contribution in [0.15, 0.2) is 28.4 Å². The van der Waals surface area contributed by atoms with Crippen LogP contribution in [0.5, 0.6) is 0 Å². The summed E-state index contributed by atoms with van der Waals surface area (Å²) in [6.07, 6.45) is 4.51. The molecule has 0 aromatic heterocycles. The van der Waals surface area contributed by atoms with E-state index >= 15 is 0 Å². The molecule has 1 aromatic rings. The maximum absolute atomic E-state index is 6.09. The van der Waals surface area contributed by atoms with Gasteiger partial charge in [-0.05, 0) is 43.4 Å². The van der Waals surface area contributed by atoms with Crippen LogP contribution in [0.25, 0.3) is 0 Å². The summed E-state index contributed by atoms with van der Waals surface area (Å²) in [5, 5.41) is 9.97. The largest absolute Gasteiger partial charge is 0.377 e. The standard InChI is InChI=1S/C13H15Cl2N3S/c14-10-6-5-9(12(15)7-10)8-19-13(16)18-17-11-3-1-2-4-11/h5-7H,1-4,8H2,(H2,16,18). The van der Waals surface area contributed by atoms with Crippen LogP contribution in [0.3, 0.4) is 0 Å². The number of nitrogens with two attached hydrogens (primary N) is 1. The quantitative estimate of drug-likeness (QED) is 0.508. The third kappa shape index (κ3) is 4.71. The molecule has 2 rings (SSSR count). The molecule has 1 aliphatic carbocycles. The highest BCUT2D eigenvalue weighted by Gasteiger charge is 2.08. The van der Waals surface area contributed by atoms with E-state index in [4.69, 9.17) is 28.9 Å². The topological polar surface area (TPSA) is 50.7 Å². The van der Waals surface area contributed by atoms with Crippen molar-refractivity contribution in [3.8, 4) is 0 Å². The van der Waals surface area contributed by atoms with Crippen LogP contribution in [-0.4, -0.2) is 10.9 Å². The van der Waals surface area contributed by atoms with Crippen molar-refractivity contribution < 1.29 is 0 Å². The molecule has 6 heteroatoms. The van der Waals surface area contributed by atoms with Crippen molar-refractivity contribution >= 4 is 45.8 Å². The smallest absolute Gasteiger partial charge is 0.180 e. The number of rotatable bonds is 3. The Kier molecular flexibility index (Phi) is 5.55. The van der Waals surface area contributed by atoms with E-state index in [0.29, 0.717) is 21.0 Å². The van der Waals surface area contributed by atoms with Gasteiger partial charge < -0.3 is 5.73 Å². The van der Waals surface area contributed by atoms with Gasteiger partial charge in [0.15, 0.2) is 5.17 Å². The molecule has 0 bridgehead atoms. The van der Waals surface area contributed by atoms with Crippen LogP contribution in [0.4, 0.5) is 0 Å². The van der Waals surface area contributed by atoms with E-state index in [1.807, 2.05) is 12.1 Å². The van der Waals surface area contributed by atoms with Gasteiger partial charge in [-0.15, -0.1) is 5.10 Å². The van der Waals surface area contributed by atoms with Gasteiger partial charge >= 0.3 is 0 Å². The Balaban J connectivity index is 1.90. The SMILES string of the molecule is N/C(=N/N=C1CCCC1)SCc1ccc(Cl)cc1Cl. The van der Waals surface area contributed by atoms with Crippen molar-refractivity contribution in [1.82, 2.24) is 0 Å². The first-order valence-corrected chi connectivity index (χ1v) is 7.85. The van der Waals surface area contributed by atoms with Gasteiger partial charge in [-0.3, -0.25) is 0 Å². The molecule has 2 N–H and O–H groups in total. The molecule has 1 fully saturated rings. The minimum absolute atomic E-state index is 0.463. The lowest BCUT2D eigenvalue weighted by atomic mass is 10.2. The lowest BCUT2D eigenvalue weighted by molar-refractivity contribution is 0.886. The molecule has 0 amide bonds. The molecule has 0 atom stereocenters. The minimum Gasteiger partial charge on any atom is -0.377 e. The molecule has 0 aliphatic heterocycles. The van der Waals surface area contributed by atoms with Crippen molar-refractivity contribution in [3.05, 3.63) is 33.8 Å². The van der Waals surface area contributed by atoms with E-state index in [1.165, 1.54) is 24.6 Å². The monoisotopic (exact) mass is 315 g/mol. The molecule has 1 aromatic carbocycles. The number of hydrogen-bond donors (Lipinski definition) is 1. The van der Waals surface area contributed by atoms with Gasteiger partial charge in [-0.1, -0.05) is 41.0 Å². The molecule has 0 unspecified atom stereocenters. The average Bonchev–Trinajstić information content (AvgIpc) is 2.88. The molecule has 1 saturated carbocycles. The highest BCUT2D eigenvalue weighted by Crippen LogP contribution is 2.24. The second kappa shape index (κ2) is 7.17. The highest BCUT2D eigenvalue weighted by atomic mass is 35.5. The number of benzene rings is 1. The zero-order valence-corrected chi connectivity index (χ0v) is 12.7. The van der Waals surface area contributed by atoms with Gasteiger partial charge in [-0.2, -0.15) is 5.10 Å². The summed E-state index contributed by atoms with van der Waals surface area (Å²) >= 11 is 13.4. The van der Waals surface area contributed by atoms with Crippen LogP contribution >= 0.6 is 35.0 Å². The lowest BCUT2D eigenvalue weighted by Crippen LogP contribution is -2.06. The van der Waals surface area contributed by atoms with E-state index < -0.39 is 0 Å². The third-order valence-corrected chi connectivity index (χ3v) is 4.28. The van der Waals surface area contributed by atoms with Gasteiger partial charge in [0.1, 0.15) is 0 Å². The predicted molar refractivity (Wildman–Crippen MR) is 85.3 cm³/mol. The molecular weight excluding hydrogens is 301 g/mol. The summed E-state index contributed by atoms with van der Waals surface area (Å²) in [6, 6.07) is 5.44. The van der Waals surface area contributed by atoms with E-state index in [-0.39, 0.29) is 0 Å². The Labute approximate surface area is 127 Å². The first-order valence-electron chi connectivity index (χ1n) is 6.11. The fourth-order valence-corrected chi connectivity index (χ4v) is 3.03. The van der Waals surface area contributed by atoms with Crippen LogP contribution in [-0.2, 0) is 5.75 Å². The van der Waals surface area contributed by atoms with E-state index in [9.17, 15) is 0 Å². The lowest BCUT2D eigenvalue weighted by Gasteiger charge is -2.03. The van der Waals surface area contributed by atoms with E-state index in [1.54, 1.807) is 6.07 Å². The Morgan fingerprint density at radius 1 is 1.26 bits per heavy atom. The Hall–Kier alpha value is -0.710. The van der Waals surface area contributed by atoms with Gasteiger partial charge in [-0.25, -0.2) is 0 Å². The Morgan fingerprint density at radius 2 is 2.00 bits per heavy atom. The predicted octanol–water partition coefficient (Wildman–Crippen LogP) is 4.47. The fourth-order valence-electron chi connectivity index (χ4n) is 1.82. The van der Waals surface area contributed by atoms with Crippen LogP contribution in [0, 0.1) is 0 Å². The molecular formula is C13H15Cl2N3S. The summed E-state index contributed by atoms with van der Waals surface area (Å²) in [5.41, 5.74) is 7.95. The Morgan fingerprint density at radius 3 is 2.68 bits per heavy atom. The van der Waals surface area contributed by atoms with Crippen molar-refractivity contribution in [2.45, 2.75) is 31.4 Å². The van der Waals surface area contributed by atoms with Gasteiger partial charge in [0, 0.05) is 21.5 Å². The van der Waals surface area contributed by atoms with Crippen LogP contribution in [0.2, 0.25) is 10.0 Å². The minimum atomic E-state index is 0.463. The molecule has 0 saturated heterocycles. The van der Waals surface area contributed by atoms with E-state index in [0.717, 1.165) is 24.1 Å². The molecule has 102 valence electrons. The summed E-state index contributed by atoms with van der Waals surface area (Å²) < 4.78 is 0. The van der Waals surface area contributed by atoms with E-state index in [2.05, 4.69) is 10.2 Å². The van der Waals surface area contributed by atoms with Crippen LogP contribution in [0.1, 0.15) is 31.2 Å². The number of halogens is 2. The summed E-state index contributed by atoms with van der Waals surface area (Å²) in [5.74, 6) is 0.663. The molecule has 3 nitrogen and oxygen atoms in total. The second-order valence-electron chi connectivity index (χ2n) is 4.34. The van der Waals surface area contributed by atoms with Crippen molar-refractivity contribution in [3.63, 3.8) is 0 Å². The maximum atomic E-state index is 6.09. The number of amidine groups is 1. The first-order chi connectivity index (χ1) is 9.15. The summed E-state index contributed by atoms with van der Waals surface area (Å²) in [6.45, 7) is 0. The average molecular weight is 316 g/mol. The van der Waals surface area contributed by atoms with Gasteiger partial charge in [0.2, 0.25) is 0 Å². The number of thioether (sulfide) groups is 1. The molecule has 19 heavy (non-hydrogen) atoms. The molecule has 0 spiro atoms. The zero-order valence-electron chi connectivity index (χ0n) is 10.4. The van der Waals surface area contributed by atoms with Gasteiger partial charge in [0.05, 0.1) is 0 Å². The highest BCUT2D eigenvalue weighted by molar-refractivity contribution is 8.13. The fraction of sp³-hybridized carbons (Fsp3) is 0.385. The maximum Gasteiger partial charge on any atom is 0.180 e. The third-order valence-electron chi connectivity index (χ3n) is 2.86. The summed E-state index contributed by atoms with van der Waals surface area (Å²) in [7, 11) is 0. The zero-order chi connectivity index (χ0) is 13.7. The molecule has 1 aliphatic rings. The number of nitrogens with zero attached hydrogens (tertiary/aromatic N) is 2. The summed E-state index contributed by atoms with van der Waals surface area (Å²) in [4.78, 5) is 0. The van der Waals surface area contributed by atoms with Crippen LogP contribution < -0.4 is 5.73 Å². The van der Waals surface area contributed by atoms with Crippen molar-refractivity contribution in [2.24, 2.45) is 15.9 Å². The second-order valence-corrected chi connectivity index (χ2v) is 6.18. The molecule has 0 radical (unpaired) electrons.